The Bertz CT molecular complexity index is 435. The number of ether oxygens (including phenoxy) is 1. The predicted octanol–water partition coefficient (Wildman–Crippen LogP) is 3.38. The molecule has 0 N–H and O–H groups in total. The van der Waals surface area contributed by atoms with Gasteiger partial charge in [0.2, 0.25) is 0 Å². The second kappa shape index (κ2) is 4.82. The van der Waals surface area contributed by atoms with Crippen LogP contribution in [0.1, 0.15) is 22.5 Å². The standard InChI is InChI=1S/C8H3ClF5NO2/c9-6-3(2-16)1-4(17-8(12,13)14)5(15-6)7(10)11/h1-2,7H. The lowest BCUT2D eigenvalue weighted by atomic mass is 10.2. The van der Waals surface area contributed by atoms with Crippen LogP contribution in [0.25, 0.3) is 0 Å². The maximum Gasteiger partial charge on any atom is 0.573 e. The molecular weight excluding hydrogens is 273 g/mol. The zero-order chi connectivity index (χ0) is 13.2. The second-order valence-corrected chi connectivity index (χ2v) is 3.08. The van der Waals surface area contributed by atoms with Gasteiger partial charge in [0.05, 0.1) is 5.56 Å². The van der Waals surface area contributed by atoms with Gasteiger partial charge in [-0.15, -0.1) is 13.2 Å². The van der Waals surface area contributed by atoms with E-state index in [0.717, 1.165) is 0 Å². The number of halogens is 6. The van der Waals surface area contributed by atoms with E-state index in [0.29, 0.717) is 6.07 Å². The lowest BCUT2D eigenvalue weighted by Crippen LogP contribution is -2.19. The van der Waals surface area contributed by atoms with Crippen LogP contribution in [0.15, 0.2) is 6.07 Å². The van der Waals surface area contributed by atoms with Crippen molar-refractivity contribution >= 4 is 17.9 Å². The maximum absolute atomic E-state index is 12.4. The molecule has 0 radical (unpaired) electrons. The molecule has 0 saturated heterocycles. The van der Waals surface area contributed by atoms with E-state index in [1.54, 1.807) is 0 Å². The normalized spacial score (nSPS) is 11.7. The Morgan fingerprint density at radius 2 is 2.00 bits per heavy atom. The monoisotopic (exact) mass is 275 g/mol. The van der Waals surface area contributed by atoms with E-state index >= 15 is 0 Å². The fraction of sp³-hybridized carbons (Fsp3) is 0.250. The highest BCUT2D eigenvalue weighted by Gasteiger charge is 2.34. The van der Waals surface area contributed by atoms with Crippen molar-refractivity contribution in [2.45, 2.75) is 12.8 Å². The largest absolute Gasteiger partial charge is 0.573 e. The van der Waals surface area contributed by atoms with Gasteiger partial charge in [0.1, 0.15) is 5.15 Å². The van der Waals surface area contributed by atoms with Crippen LogP contribution in [0.5, 0.6) is 5.75 Å². The van der Waals surface area contributed by atoms with Crippen molar-refractivity contribution in [1.82, 2.24) is 4.98 Å². The van der Waals surface area contributed by atoms with E-state index in [9.17, 15) is 26.7 Å². The quantitative estimate of drug-likeness (QED) is 0.482. The Kier molecular flexibility index (Phi) is 3.87. The predicted molar refractivity (Wildman–Crippen MR) is 46.3 cm³/mol. The average Bonchev–Trinajstić information content (AvgIpc) is 2.17. The summed E-state index contributed by atoms with van der Waals surface area (Å²) in [6.45, 7) is 0. The van der Waals surface area contributed by atoms with Crippen LogP contribution >= 0.6 is 11.6 Å². The van der Waals surface area contributed by atoms with Crippen molar-refractivity contribution < 1.29 is 31.5 Å². The number of hydrogen-bond donors (Lipinski definition) is 0. The molecule has 0 fully saturated rings. The number of nitrogens with zero attached hydrogens (tertiary/aromatic N) is 1. The van der Waals surface area contributed by atoms with E-state index in [1.807, 2.05) is 0 Å². The topological polar surface area (TPSA) is 39.2 Å². The van der Waals surface area contributed by atoms with Crippen LogP contribution in [0.3, 0.4) is 0 Å². The molecule has 9 heteroatoms. The zero-order valence-electron chi connectivity index (χ0n) is 7.76. The summed E-state index contributed by atoms with van der Waals surface area (Å²) in [5, 5.41) is -0.621. The molecule has 1 aromatic heterocycles. The molecule has 0 unspecified atom stereocenters. The van der Waals surface area contributed by atoms with Crippen molar-refractivity contribution in [3.63, 3.8) is 0 Å². The Morgan fingerprint density at radius 3 is 2.41 bits per heavy atom. The summed E-state index contributed by atoms with van der Waals surface area (Å²) in [6.07, 6.45) is -8.40. The van der Waals surface area contributed by atoms with Gasteiger partial charge in [-0.25, -0.2) is 13.8 Å². The first kappa shape index (κ1) is 13.6. The summed E-state index contributed by atoms with van der Waals surface area (Å²) < 4.78 is 63.8. The molecule has 1 aromatic rings. The van der Waals surface area contributed by atoms with Gasteiger partial charge in [-0.3, -0.25) is 4.79 Å². The fourth-order valence-electron chi connectivity index (χ4n) is 0.946. The van der Waals surface area contributed by atoms with Gasteiger partial charge in [0.15, 0.2) is 17.7 Å². The third-order valence-electron chi connectivity index (χ3n) is 1.56. The van der Waals surface area contributed by atoms with Crippen LogP contribution in [0.2, 0.25) is 5.15 Å². The molecule has 17 heavy (non-hydrogen) atoms. The van der Waals surface area contributed by atoms with Gasteiger partial charge in [-0.05, 0) is 6.07 Å². The first-order valence-corrected chi connectivity index (χ1v) is 4.32. The highest BCUT2D eigenvalue weighted by molar-refractivity contribution is 6.31. The third kappa shape index (κ3) is 3.52. The summed E-state index contributed by atoms with van der Waals surface area (Å²) in [4.78, 5) is 13.4. The average molecular weight is 276 g/mol. The SMILES string of the molecule is O=Cc1cc(OC(F)(F)F)c(C(F)F)nc1Cl. The van der Waals surface area contributed by atoms with E-state index in [2.05, 4.69) is 9.72 Å². The molecule has 94 valence electrons. The molecule has 1 rings (SSSR count). The minimum absolute atomic E-state index is 0.0772. The van der Waals surface area contributed by atoms with Gasteiger partial charge in [-0.1, -0.05) is 11.6 Å². The molecular formula is C8H3ClF5NO2. The number of pyridine rings is 1. The van der Waals surface area contributed by atoms with Crippen molar-refractivity contribution in [3.05, 3.63) is 22.5 Å². The number of hydrogen-bond acceptors (Lipinski definition) is 3. The Morgan fingerprint density at radius 1 is 1.41 bits per heavy atom. The molecule has 0 amide bonds. The van der Waals surface area contributed by atoms with Crippen molar-refractivity contribution in [3.8, 4) is 5.75 Å². The summed E-state index contributed by atoms with van der Waals surface area (Å²) in [5.41, 5.74) is -1.76. The number of alkyl halides is 5. The summed E-state index contributed by atoms with van der Waals surface area (Å²) in [6, 6.07) is 0.456. The third-order valence-corrected chi connectivity index (χ3v) is 1.86. The van der Waals surface area contributed by atoms with Crippen molar-refractivity contribution in [1.29, 1.82) is 0 Å². The van der Waals surface area contributed by atoms with Gasteiger partial charge in [0.25, 0.3) is 6.43 Å². The molecule has 0 aromatic carbocycles. The second-order valence-electron chi connectivity index (χ2n) is 2.72. The number of aldehydes is 1. The summed E-state index contributed by atoms with van der Waals surface area (Å²) in [7, 11) is 0. The van der Waals surface area contributed by atoms with Gasteiger partial charge in [0, 0.05) is 0 Å². The van der Waals surface area contributed by atoms with E-state index in [1.165, 1.54) is 0 Å². The first-order valence-electron chi connectivity index (χ1n) is 3.94. The smallest absolute Gasteiger partial charge is 0.404 e. The zero-order valence-corrected chi connectivity index (χ0v) is 8.52. The lowest BCUT2D eigenvalue weighted by Gasteiger charge is -2.13. The van der Waals surface area contributed by atoms with E-state index in [-0.39, 0.29) is 6.29 Å². The minimum Gasteiger partial charge on any atom is -0.404 e. The molecule has 0 bridgehead atoms. The number of carbonyl (C=O) groups is 1. The molecule has 0 aliphatic carbocycles. The molecule has 0 saturated carbocycles. The maximum atomic E-state index is 12.4. The molecule has 0 atom stereocenters. The van der Waals surface area contributed by atoms with E-state index < -0.39 is 34.9 Å². The van der Waals surface area contributed by atoms with Gasteiger partial charge >= 0.3 is 6.36 Å². The van der Waals surface area contributed by atoms with Crippen LogP contribution in [0, 0.1) is 0 Å². The van der Waals surface area contributed by atoms with E-state index in [4.69, 9.17) is 11.6 Å². The van der Waals surface area contributed by atoms with Crippen LogP contribution in [-0.2, 0) is 0 Å². The number of carbonyl (C=O) groups excluding carboxylic acids is 1. The van der Waals surface area contributed by atoms with Crippen molar-refractivity contribution in [2.75, 3.05) is 0 Å². The Labute approximate surface area is 96.2 Å². The highest BCUT2D eigenvalue weighted by atomic mass is 35.5. The highest BCUT2D eigenvalue weighted by Crippen LogP contribution is 2.33. The molecule has 0 aliphatic rings. The summed E-state index contributed by atoms with van der Waals surface area (Å²) in [5.74, 6) is -1.25. The van der Waals surface area contributed by atoms with Crippen molar-refractivity contribution in [2.24, 2.45) is 0 Å². The molecule has 3 nitrogen and oxygen atoms in total. The van der Waals surface area contributed by atoms with Crippen LogP contribution < -0.4 is 4.74 Å². The minimum atomic E-state index is -5.17. The fourth-order valence-corrected chi connectivity index (χ4v) is 1.14. The number of rotatable bonds is 3. The Balaban J connectivity index is 3.29. The molecule has 0 spiro atoms. The van der Waals surface area contributed by atoms with Crippen LogP contribution in [-0.4, -0.2) is 17.6 Å². The van der Waals surface area contributed by atoms with Gasteiger partial charge < -0.3 is 4.74 Å². The number of aromatic nitrogens is 1. The summed E-state index contributed by atoms with van der Waals surface area (Å²) >= 11 is 5.30. The van der Waals surface area contributed by atoms with Crippen LogP contribution in [0.4, 0.5) is 22.0 Å². The Hall–Kier alpha value is -1.44. The lowest BCUT2D eigenvalue weighted by molar-refractivity contribution is -0.275. The first-order chi connectivity index (χ1) is 7.74. The molecule has 1 heterocycles. The van der Waals surface area contributed by atoms with Gasteiger partial charge in [-0.2, -0.15) is 0 Å². The molecule has 0 aliphatic heterocycles.